The molecule has 0 radical (unpaired) electrons. The van der Waals surface area contributed by atoms with E-state index >= 15 is 0 Å². The van der Waals surface area contributed by atoms with Crippen molar-refractivity contribution in [2.75, 3.05) is 0 Å². The van der Waals surface area contributed by atoms with Gasteiger partial charge < -0.3 is 19.7 Å². The first-order valence-corrected chi connectivity index (χ1v) is 3.39. The number of esters is 1. The van der Waals surface area contributed by atoms with Gasteiger partial charge in [-0.1, -0.05) is 0 Å². The van der Waals surface area contributed by atoms with Crippen LogP contribution in [-0.2, 0) is 14.3 Å². The zero-order chi connectivity index (χ0) is 8.01. The van der Waals surface area contributed by atoms with Crippen LogP contribution in [0.5, 0.6) is 0 Å². The van der Waals surface area contributed by atoms with Crippen molar-refractivity contribution >= 4 is 5.97 Å². The molecule has 0 bridgehead atoms. The maximum Gasteiger partial charge on any atom is 0.309 e. The molecule has 2 unspecified atom stereocenters. The third-order valence-electron chi connectivity index (χ3n) is 1.94. The van der Waals surface area contributed by atoms with E-state index < -0.39 is 24.6 Å². The number of hydrogen-bond acceptors (Lipinski definition) is 5. The fourth-order valence-corrected chi connectivity index (χ4v) is 1.39. The van der Waals surface area contributed by atoms with Crippen LogP contribution < -0.4 is 0 Å². The van der Waals surface area contributed by atoms with Crippen LogP contribution in [0.1, 0.15) is 6.42 Å². The minimum Gasteiger partial charge on any atom is -0.456 e. The van der Waals surface area contributed by atoms with E-state index in [1.807, 2.05) is 0 Å². The van der Waals surface area contributed by atoms with Crippen LogP contribution in [0.4, 0.5) is 0 Å². The summed E-state index contributed by atoms with van der Waals surface area (Å²) >= 11 is 0. The van der Waals surface area contributed by atoms with Crippen molar-refractivity contribution in [3.05, 3.63) is 0 Å². The average Bonchev–Trinajstić information content (AvgIpc) is 2.37. The van der Waals surface area contributed by atoms with Gasteiger partial charge >= 0.3 is 5.97 Å². The molecule has 0 saturated carbocycles. The summed E-state index contributed by atoms with van der Waals surface area (Å²) in [7, 11) is 0. The molecule has 62 valence electrons. The van der Waals surface area contributed by atoms with E-state index in [4.69, 9.17) is 19.7 Å². The summed E-state index contributed by atoms with van der Waals surface area (Å²) in [6.45, 7) is 0. The molecule has 0 amide bonds. The van der Waals surface area contributed by atoms with Crippen molar-refractivity contribution < 1.29 is 24.5 Å². The zero-order valence-corrected chi connectivity index (χ0v) is 5.64. The third-order valence-corrected chi connectivity index (χ3v) is 1.94. The molecule has 0 aliphatic carbocycles. The van der Waals surface area contributed by atoms with Crippen LogP contribution in [0.15, 0.2) is 0 Å². The second kappa shape index (κ2) is 2.17. The fraction of sp³-hybridized carbons (Fsp3) is 0.833. The van der Waals surface area contributed by atoms with Crippen molar-refractivity contribution in [1.82, 2.24) is 0 Å². The Morgan fingerprint density at radius 2 is 2.18 bits per heavy atom. The largest absolute Gasteiger partial charge is 0.456 e. The lowest BCUT2D eigenvalue weighted by Crippen LogP contribution is -2.31. The molecule has 2 heterocycles. The monoisotopic (exact) mass is 160 g/mol. The van der Waals surface area contributed by atoms with Crippen LogP contribution in [0.2, 0.25) is 0 Å². The van der Waals surface area contributed by atoms with E-state index in [2.05, 4.69) is 0 Å². The summed E-state index contributed by atoms with van der Waals surface area (Å²) in [5.74, 6) is -0.383. The van der Waals surface area contributed by atoms with Crippen molar-refractivity contribution in [3.63, 3.8) is 0 Å². The van der Waals surface area contributed by atoms with Crippen molar-refractivity contribution in [3.8, 4) is 0 Å². The molecule has 2 fully saturated rings. The smallest absolute Gasteiger partial charge is 0.309 e. The van der Waals surface area contributed by atoms with Gasteiger partial charge in [-0.25, -0.2) is 0 Å². The predicted molar refractivity (Wildman–Crippen MR) is 31.4 cm³/mol. The van der Waals surface area contributed by atoms with Crippen LogP contribution in [0, 0.1) is 0 Å². The first-order valence-electron chi connectivity index (χ1n) is 3.39. The summed E-state index contributed by atoms with van der Waals surface area (Å²) in [6, 6.07) is 0. The molecule has 5 nitrogen and oxygen atoms in total. The normalized spacial score (nSPS) is 49.1. The molecule has 0 aromatic heterocycles. The first kappa shape index (κ1) is 7.02. The highest BCUT2D eigenvalue weighted by Crippen LogP contribution is 2.30. The number of aliphatic hydroxyl groups is 2. The van der Waals surface area contributed by atoms with Crippen molar-refractivity contribution in [1.29, 1.82) is 0 Å². The Labute approximate surface area is 62.5 Å². The highest BCUT2D eigenvalue weighted by atomic mass is 16.7. The number of carbonyl (C=O) groups is 1. The van der Waals surface area contributed by atoms with E-state index in [0.29, 0.717) is 0 Å². The standard InChI is InChI=1S/C6H8O5/c7-3-1-2-5(11-3)4(8)6(9)10-2/h2,4-6,8-9H,1H2/t2-,4?,5?,6-/m1/s1. The van der Waals surface area contributed by atoms with Gasteiger partial charge in [0.1, 0.15) is 12.2 Å². The van der Waals surface area contributed by atoms with E-state index in [9.17, 15) is 4.79 Å². The van der Waals surface area contributed by atoms with Crippen molar-refractivity contribution in [2.24, 2.45) is 0 Å². The molecule has 0 spiro atoms. The Bertz CT molecular complexity index is 191. The van der Waals surface area contributed by atoms with Crippen LogP contribution in [0.3, 0.4) is 0 Å². The Morgan fingerprint density at radius 3 is 2.82 bits per heavy atom. The SMILES string of the molecule is O=C1C[C@H]2O[C@@H](O)C(O)C2O1. The summed E-state index contributed by atoms with van der Waals surface area (Å²) in [5.41, 5.74) is 0. The van der Waals surface area contributed by atoms with Gasteiger partial charge in [-0.15, -0.1) is 0 Å². The molecule has 4 atom stereocenters. The molecular weight excluding hydrogens is 152 g/mol. The molecule has 2 saturated heterocycles. The Hall–Kier alpha value is -0.650. The number of aliphatic hydroxyl groups excluding tert-OH is 2. The van der Waals surface area contributed by atoms with Gasteiger partial charge in [-0.3, -0.25) is 4.79 Å². The van der Waals surface area contributed by atoms with Gasteiger partial charge in [0.05, 0.1) is 6.42 Å². The Balaban J connectivity index is 2.13. The lowest BCUT2D eigenvalue weighted by atomic mass is 10.1. The molecule has 0 aromatic rings. The van der Waals surface area contributed by atoms with Crippen molar-refractivity contribution in [2.45, 2.75) is 31.0 Å². The lowest BCUT2D eigenvalue weighted by Gasteiger charge is -2.10. The van der Waals surface area contributed by atoms with Crippen LogP contribution in [-0.4, -0.2) is 40.8 Å². The van der Waals surface area contributed by atoms with E-state index in [1.165, 1.54) is 0 Å². The molecule has 2 aliphatic heterocycles. The highest BCUT2D eigenvalue weighted by molar-refractivity contribution is 5.72. The molecule has 2 rings (SSSR count). The van der Waals surface area contributed by atoms with Gasteiger partial charge in [-0.2, -0.15) is 0 Å². The Kier molecular flexibility index (Phi) is 1.38. The van der Waals surface area contributed by atoms with Crippen LogP contribution in [0.25, 0.3) is 0 Å². The maximum atomic E-state index is 10.6. The molecule has 0 aromatic carbocycles. The Morgan fingerprint density at radius 1 is 1.45 bits per heavy atom. The van der Waals surface area contributed by atoms with Crippen LogP contribution >= 0.6 is 0 Å². The van der Waals surface area contributed by atoms with E-state index in [1.54, 1.807) is 0 Å². The quantitative estimate of drug-likeness (QED) is 0.416. The molecule has 5 heteroatoms. The summed E-state index contributed by atoms with van der Waals surface area (Å²) in [6.07, 6.45) is -3.31. The minimum absolute atomic E-state index is 0.124. The number of rotatable bonds is 0. The maximum absolute atomic E-state index is 10.6. The number of hydrogen-bond donors (Lipinski definition) is 2. The zero-order valence-electron chi connectivity index (χ0n) is 5.64. The first-order chi connectivity index (χ1) is 5.18. The number of ether oxygens (including phenoxy) is 2. The van der Waals surface area contributed by atoms with Gasteiger partial charge in [0.25, 0.3) is 0 Å². The van der Waals surface area contributed by atoms with Gasteiger partial charge in [0.15, 0.2) is 12.4 Å². The predicted octanol–water partition coefficient (Wildman–Crippen LogP) is -1.62. The lowest BCUT2D eigenvalue weighted by molar-refractivity contribution is -0.155. The van der Waals surface area contributed by atoms with E-state index in [-0.39, 0.29) is 12.4 Å². The molecule has 11 heavy (non-hydrogen) atoms. The summed E-state index contributed by atoms with van der Waals surface area (Å²) in [5, 5.41) is 18.1. The number of fused-ring (bicyclic) bond motifs is 1. The molecular formula is C6H8O5. The molecule has 2 aliphatic rings. The molecule has 2 N–H and O–H groups in total. The highest BCUT2D eigenvalue weighted by Gasteiger charge is 2.50. The minimum atomic E-state index is -1.21. The number of carbonyl (C=O) groups excluding carboxylic acids is 1. The van der Waals surface area contributed by atoms with Gasteiger partial charge in [0, 0.05) is 0 Å². The summed E-state index contributed by atoms with van der Waals surface area (Å²) in [4.78, 5) is 10.6. The second-order valence-corrected chi connectivity index (χ2v) is 2.71. The second-order valence-electron chi connectivity index (χ2n) is 2.71. The average molecular weight is 160 g/mol. The summed E-state index contributed by atoms with van der Waals surface area (Å²) < 4.78 is 9.52. The van der Waals surface area contributed by atoms with E-state index in [0.717, 1.165) is 0 Å². The third kappa shape index (κ3) is 0.926. The van der Waals surface area contributed by atoms with Gasteiger partial charge in [-0.05, 0) is 0 Å². The van der Waals surface area contributed by atoms with Gasteiger partial charge in [0.2, 0.25) is 0 Å². The topological polar surface area (TPSA) is 76.0 Å². The fourth-order valence-electron chi connectivity index (χ4n) is 1.39.